The summed E-state index contributed by atoms with van der Waals surface area (Å²) in [6.07, 6.45) is 6.61. The molecule has 1 aromatic heterocycles. The summed E-state index contributed by atoms with van der Waals surface area (Å²) in [7, 11) is 2.16. The first-order valence-corrected chi connectivity index (χ1v) is 8.78. The molecule has 1 aromatic carbocycles. The third-order valence-electron chi connectivity index (χ3n) is 5.30. The second-order valence-corrected chi connectivity index (χ2v) is 7.08. The first kappa shape index (κ1) is 15.4. The number of carbonyl (C=O) groups is 1. The molecule has 2 saturated heterocycles. The van der Waals surface area contributed by atoms with Crippen molar-refractivity contribution in [2.24, 2.45) is 5.92 Å². The van der Waals surface area contributed by atoms with Crippen LogP contribution in [-0.2, 0) is 11.2 Å². The van der Waals surface area contributed by atoms with E-state index in [1.807, 2.05) is 47.4 Å². The van der Waals surface area contributed by atoms with E-state index in [0.717, 1.165) is 37.3 Å². The highest BCUT2D eigenvalue weighted by Crippen LogP contribution is 2.30. The van der Waals surface area contributed by atoms with Crippen molar-refractivity contribution in [3.8, 4) is 5.69 Å². The van der Waals surface area contributed by atoms with Gasteiger partial charge in [0.15, 0.2) is 0 Å². The van der Waals surface area contributed by atoms with Crippen molar-refractivity contribution in [3.05, 3.63) is 48.3 Å². The first-order valence-electron chi connectivity index (χ1n) is 8.78. The maximum absolute atomic E-state index is 12.8. The lowest BCUT2D eigenvalue weighted by atomic mass is 9.91. The number of benzene rings is 1. The van der Waals surface area contributed by atoms with Gasteiger partial charge in [-0.05, 0) is 43.5 Å². The number of carbonyl (C=O) groups excluding carboxylic acids is 1. The molecular weight excluding hydrogens is 300 g/mol. The number of likely N-dealkylation sites (tertiary alicyclic amines) is 2. The molecule has 0 bridgehead atoms. The number of fused-ring (bicyclic) bond motifs is 1. The average molecular weight is 324 g/mol. The van der Waals surface area contributed by atoms with Crippen LogP contribution in [0.15, 0.2) is 42.7 Å². The first-order chi connectivity index (χ1) is 11.7. The largest absolute Gasteiger partial charge is 0.338 e. The van der Waals surface area contributed by atoms with Crippen molar-refractivity contribution in [1.29, 1.82) is 0 Å². The summed E-state index contributed by atoms with van der Waals surface area (Å²) in [5.74, 6) is 0.896. The van der Waals surface area contributed by atoms with Crippen molar-refractivity contribution >= 4 is 5.91 Å². The van der Waals surface area contributed by atoms with Gasteiger partial charge in [-0.1, -0.05) is 18.2 Å². The molecule has 2 aliphatic heterocycles. The highest BCUT2D eigenvalue weighted by atomic mass is 16.2. The van der Waals surface area contributed by atoms with Crippen LogP contribution in [0, 0.1) is 5.92 Å². The lowest BCUT2D eigenvalue weighted by Crippen LogP contribution is -2.48. The Kier molecular flexibility index (Phi) is 4.10. The fourth-order valence-electron chi connectivity index (χ4n) is 4.15. The van der Waals surface area contributed by atoms with Crippen LogP contribution >= 0.6 is 0 Å². The second-order valence-electron chi connectivity index (χ2n) is 7.08. The number of hydrogen-bond acceptors (Lipinski definition) is 3. The van der Waals surface area contributed by atoms with Gasteiger partial charge < -0.3 is 9.80 Å². The zero-order chi connectivity index (χ0) is 16.5. The second kappa shape index (κ2) is 6.40. The van der Waals surface area contributed by atoms with Crippen molar-refractivity contribution < 1.29 is 4.79 Å². The molecule has 5 heteroatoms. The smallest absolute Gasteiger partial charge is 0.227 e. The number of likely N-dealkylation sites (N-methyl/N-ethyl adjacent to an activating group) is 1. The molecule has 5 nitrogen and oxygen atoms in total. The highest BCUT2D eigenvalue weighted by molar-refractivity contribution is 5.79. The van der Waals surface area contributed by atoms with Crippen molar-refractivity contribution in [3.63, 3.8) is 0 Å². The van der Waals surface area contributed by atoms with Gasteiger partial charge in [-0.25, -0.2) is 4.68 Å². The van der Waals surface area contributed by atoms with Gasteiger partial charge in [-0.3, -0.25) is 4.79 Å². The summed E-state index contributed by atoms with van der Waals surface area (Å²) in [4.78, 5) is 17.3. The molecule has 1 amide bonds. The lowest BCUT2D eigenvalue weighted by molar-refractivity contribution is -0.134. The quantitative estimate of drug-likeness (QED) is 0.867. The minimum atomic E-state index is 0.243. The Hall–Kier alpha value is -2.14. The molecule has 0 N–H and O–H groups in total. The van der Waals surface area contributed by atoms with Crippen LogP contribution in [0.1, 0.15) is 18.4 Å². The molecule has 0 unspecified atom stereocenters. The Labute approximate surface area is 142 Å². The van der Waals surface area contributed by atoms with E-state index < -0.39 is 0 Å². The summed E-state index contributed by atoms with van der Waals surface area (Å²) in [6, 6.07) is 10.4. The molecule has 2 aromatic rings. The minimum Gasteiger partial charge on any atom is -0.338 e. The van der Waals surface area contributed by atoms with Gasteiger partial charge in [0.2, 0.25) is 5.91 Å². The number of para-hydroxylation sites is 1. The summed E-state index contributed by atoms with van der Waals surface area (Å²) in [5, 5.41) is 4.40. The Morgan fingerprint density at radius 2 is 2.08 bits per heavy atom. The van der Waals surface area contributed by atoms with E-state index in [-0.39, 0.29) is 5.91 Å². The molecule has 0 aliphatic carbocycles. The van der Waals surface area contributed by atoms with Crippen LogP contribution in [-0.4, -0.2) is 58.2 Å². The van der Waals surface area contributed by atoms with Crippen molar-refractivity contribution in [2.75, 3.05) is 26.7 Å². The van der Waals surface area contributed by atoms with Gasteiger partial charge in [0, 0.05) is 31.9 Å². The van der Waals surface area contributed by atoms with Crippen LogP contribution in [0.25, 0.3) is 5.69 Å². The molecule has 2 atom stereocenters. The van der Waals surface area contributed by atoms with Gasteiger partial charge in [-0.15, -0.1) is 0 Å². The number of piperidine rings is 1. The average Bonchev–Trinajstić information content (AvgIpc) is 3.20. The number of nitrogens with zero attached hydrogens (tertiary/aromatic N) is 4. The number of amides is 1. The van der Waals surface area contributed by atoms with Gasteiger partial charge in [0.1, 0.15) is 0 Å². The number of aromatic nitrogens is 2. The molecule has 2 fully saturated rings. The molecule has 4 rings (SSSR count). The third-order valence-corrected chi connectivity index (χ3v) is 5.30. The predicted octanol–water partition coefficient (Wildman–Crippen LogP) is 1.97. The molecule has 3 heterocycles. The van der Waals surface area contributed by atoms with Gasteiger partial charge >= 0.3 is 0 Å². The summed E-state index contributed by atoms with van der Waals surface area (Å²) < 4.78 is 1.84. The Bertz CT molecular complexity index is 711. The van der Waals surface area contributed by atoms with E-state index in [9.17, 15) is 4.79 Å². The Morgan fingerprint density at radius 3 is 2.92 bits per heavy atom. The zero-order valence-electron chi connectivity index (χ0n) is 14.1. The van der Waals surface area contributed by atoms with E-state index in [2.05, 4.69) is 21.9 Å². The minimum absolute atomic E-state index is 0.243. The van der Waals surface area contributed by atoms with Crippen LogP contribution in [0.3, 0.4) is 0 Å². The molecule has 2 aliphatic rings. The van der Waals surface area contributed by atoms with Gasteiger partial charge in [0.25, 0.3) is 0 Å². The van der Waals surface area contributed by atoms with Crippen LogP contribution in [0.5, 0.6) is 0 Å². The normalized spacial score (nSPS) is 24.1. The molecular formula is C19H24N4O. The van der Waals surface area contributed by atoms with Crippen LogP contribution in [0.4, 0.5) is 0 Å². The SMILES string of the molecule is CN1C[C@@H]2CCCN(C(=O)Cc3cnn(-c4ccccc4)c3)[C@@H]2C1. The van der Waals surface area contributed by atoms with E-state index in [0.29, 0.717) is 18.4 Å². The highest BCUT2D eigenvalue weighted by Gasteiger charge is 2.39. The van der Waals surface area contributed by atoms with E-state index in [1.165, 1.54) is 6.42 Å². The molecule has 0 radical (unpaired) electrons. The maximum atomic E-state index is 12.8. The van der Waals surface area contributed by atoms with E-state index in [1.54, 1.807) is 0 Å². The summed E-state index contributed by atoms with van der Waals surface area (Å²) >= 11 is 0. The van der Waals surface area contributed by atoms with Crippen molar-refractivity contribution in [2.45, 2.75) is 25.3 Å². The molecule has 126 valence electrons. The fourth-order valence-corrected chi connectivity index (χ4v) is 4.15. The predicted molar refractivity (Wildman–Crippen MR) is 93.0 cm³/mol. The fraction of sp³-hybridized carbons (Fsp3) is 0.474. The van der Waals surface area contributed by atoms with Gasteiger partial charge in [0.05, 0.1) is 18.3 Å². The zero-order valence-corrected chi connectivity index (χ0v) is 14.1. The number of hydrogen-bond donors (Lipinski definition) is 0. The van der Waals surface area contributed by atoms with Crippen molar-refractivity contribution in [1.82, 2.24) is 19.6 Å². The topological polar surface area (TPSA) is 41.4 Å². The summed E-state index contributed by atoms with van der Waals surface area (Å²) in [5.41, 5.74) is 2.00. The third kappa shape index (κ3) is 2.96. The molecule has 0 saturated carbocycles. The molecule has 24 heavy (non-hydrogen) atoms. The lowest BCUT2D eigenvalue weighted by Gasteiger charge is -2.37. The van der Waals surface area contributed by atoms with Crippen LogP contribution < -0.4 is 0 Å². The summed E-state index contributed by atoms with van der Waals surface area (Å²) in [6.45, 7) is 3.04. The standard InChI is InChI=1S/C19H24N4O/c1-21-13-16-6-5-9-22(18(16)14-21)19(24)10-15-11-20-23(12-15)17-7-3-2-4-8-17/h2-4,7-8,11-12,16,18H,5-6,9-10,13-14H2,1H3/t16-,18+/m0/s1. The molecule has 0 spiro atoms. The van der Waals surface area contributed by atoms with Gasteiger partial charge in [-0.2, -0.15) is 5.10 Å². The number of rotatable bonds is 3. The Morgan fingerprint density at radius 1 is 1.25 bits per heavy atom. The monoisotopic (exact) mass is 324 g/mol. The maximum Gasteiger partial charge on any atom is 0.227 e. The van der Waals surface area contributed by atoms with E-state index >= 15 is 0 Å². The van der Waals surface area contributed by atoms with Crippen LogP contribution in [0.2, 0.25) is 0 Å². The van der Waals surface area contributed by atoms with E-state index in [4.69, 9.17) is 0 Å². The Balaban J connectivity index is 1.45.